The van der Waals surface area contributed by atoms with Crippen molar-refractivity contribution in [2.45, 2.75) is 37.4 Å². The van der Waals surface area contributed by atoms with Gasteiger partial charge in [0.25, 0.3) is 0 Å². The molecule has 22 heavy (non-hydrogen) atoms. The number of likely N-dealkylation sites (tertiary alicyclic amines) is 1. The first-order valence-corrected chi connectivity index (χ1v) is 8.20. The normalized spacial score (nSPS) is 28.3. The molecule has 0 aliphatic carbocycles. The molecule has 0 unspecified atom stereocenters. The van der Waals surface area contributed by atoms with Gasteiger partial charge >= 0.3 is 0 Å². The molecule has 1 spiro atoms. The second kappa shape index (κ2) is 6.57. The number of ether oxygens (including phenoxy) is 2. The van der Waals surface area contributed by atoms with Crippen LogP contribution in [0.1, 0.15) is 24.8 Å². The molecule has 2 atom stereocenters. The van der Waals surface area contributed by atoms with Crippen molar-refractivity contribution in [1.82, 2.24) is 4.90 Å². The zero-order chi connectivity index (χ0) is 15.6. The fourth-order valence-electron chi connectivity index (χ4n) is 3.52. The van der Waals surface area contributed by atoms with E-state index in [4.69, 9.17) is 21.1 Å². The molecule has 5 heteroatoms. The first-order chi connectivity index (χ1) is 10.6. The van der Waals surface area contributed by atoms with Gasteiger partial charge in [-0.05, 0) is 37.0 Å². The number of rotatable bonds is 3. The van der Waals surface area contributed by atoms with E-state index in [0.29, 0.717) is 18.0 Å². The van der Waals surface area contributed by atoms with Gasteiger partial charge in [-0.2, -0.15) is 0 Å². The van der Waals surface area contributed by atoms with Gasteiger partial charge < -0.3 is 14.4 Å². The first-order valence-electron chi connectivity index (χ1n) is 7.82. The molecule has 0 aromatic heterocycles. The van der Waals surface area contributed by atoms with Crippen LogP contribution >= 0.6 is 11.6 Å². The van der Waals surface area contributed by atoms with Crippen LogP contribution in [0, 0.1) is 0 Å². The summed E-state index contributed by atoms with van der Waals surface area (Å²) in [5, 5.41) is 0.689. The van der Waals surface area contributed by atoms with Crippen molar-refractivity contribution >= 4 is 17.5 Å². The molecule has 2 saturated heterocycles. The summed E-state index contributed by atoms with van der Waals surface area (Å²) in [6.07, 6.45) is 3.35. The number of carbonyl (C=O) groups is 1. The van der Waals surface area contributed by atoms with Gasteiger partial charge in [-0.3, -0.25) is 4.79 Å². The van der Waals surface area contributed by atoms with Crippen LogP contribution in [0.4, 0.5) is 0 Å². The van der Waals surface area contributed by atoms with Crippen molar-refractivity contribution in [3.8, 4) is 0 Å². The van der Waals surface area contributed by atoms with E-state index in [1.54, 1.807) is 7.11 Å². The van der Waals surface area contributed by atoms with Crippen LogP contribution in [0.2, 0.25) is 5.02 Å². The third-order valence-electron chi connectivity index (χ3n) is 4.82. The zero-order valence-electron chi connectivity index (χ0n) is 12.9. The molecule has 0 radical (unpaired) electrons. The van der Waals surface area contributed by atoms with E-state index in [2.05, 4.69) is 0 Å². The summed E-state index contributed by atoms with van der Waals surface area (Å²) in [6.45, 7) is 2.16. The lowest BCUT2D eigenvalue weighted by Gasteiger charge is -2.44. The molecule has 0 N–H and O–H groups in total. The summed E-state index contributed by atoms with van der Waals surface area (Å²) in [6, 6.07) is 7.44. The maximum absolute atomic E-state index is 12.5. The monoisotopic (exact) mass is 323 g/mol. The van der Waals surface area contributed by atoms with Crippen LogP contribution in [0.25, 0.3) is 0 Å². The van der Waals surface area contributed by atoms with Gasteiger partial charge in [0.05, 0.1) is 12.0 Å². The smallest absolute Gasteiger partial charge is 0.227 e. The predicted octanol–water partition coefficient (Wildman–Crippen LogP) is 2.68. The summed E-state index contributed by atoms with van der Waals surface area (Å²) < 4.78 is 11.6. The SMILES string of the molecule is CO[C@H]1CN(C(=O)Cc2ccc(Cl)cc2)CC[C@@]12CCCO2. The molecule has 1 amide bonds. The number of halogens is 1. The van der Waals surface area contributed by atoms with E-state index in [1.165, 1.54) is 0 Å². The van der Waals surface area contributed by atoms with Crippen LogP contribution in [0.5, 0.6) is 0 Å². The Hall–Kier alpha value is -1.10. The fourth-order valence-corrected chi connectivity index (χ4v) is 3.64. The Labute approximate surface area is 136 Å². The predicted molar refractivity (Wildman–Crippen MR) is 85.1 cm³/mol. The average molecular weight is 324 g/mol. The molecular formula is C17H22ClNO3. The molecule has 120 valence electrons. The highest BCUT2D eigenvalue weighted by Gasteiger charge is 2.47. The molecule has 1 aromatic rings. The van der Waals surface area contributed by atoms with Crippen molar-refractivity contribution in [3.63, 3.8) is 0 Å². The van der Waals surface area contributed by atoms with E-state index in [9.17, 15) is 4.79 Å². The molecule has 0 bridgehead atoms. The van der Waals surface area contributed by atoms with E-state index >= 15 is 0 Å². The highest BCUT2D eigenvalue weighted by molar-refractivity contribution is 6.30. The van der Waals surface area contributed by atoms with Crippen molar-refractivity contribution in [3.05, 3.63) is 34.9 Å². The largest absolute Gasteiger partial charge is 0.377 e. The van der Waals surface area contributed by atoms with Crippen LogP contribution in [-0.4, -0.2) is 49.3 Å². The molecule has 4 nitrogen and oxygen atoms in total. The number of piperidine rings is 1. The minimum absolute atomic E-state index is 0.0297. The Morgan fingerprint density at radius 1 is 1.41 bits per heavy atom. The van der Waals surface area contributed by atoms with Crippen LogP contribution in [-0.2, 0) is 20.7 Å². The van der Waals surface area contributed by atoms with Gasteiger partial charge in [0.15, 0.2) is 0 Å². The number of methoxy groups -OCH3 is 1. The molecule has 2 heterocycles. The quantitative estimate of drug-likeness (QED) is 0.858. The standard InChI is InChI=1S/C17H22ClNO3/c1-21-15-12-19(9-8-17(15)7-2-10-22-17)16(20)11-13-3-5-14(18)6-4-13/h3-6,15H,2,7-12H2,1H3/t15-,17-/m0/s1. The molecule has 3 rings (SSSR count). The second-order valence-corrected chi connectivity index (χ2v) is 6.57. The number of carbonyl (C=O) groups excluding carboxylic acids is 1. The summed E-state index contributed by atoms with van der Waals surface area (Å²) in [7, 11) is 1.71. The van der Waals surface area contributed by atoms with Gasteiger partial charge in [-0.25, -0.2) is 0 Å². The fraction of sp³-hybridized carbons (Fsp3) is 0.588. The highest BCUT2D eigenvalue weighted by atomic mass is 35.5. The summed E-state index contributed by atoms with van der Waals surface area (Å²) in [5.74, 6) is 0.136. The van der Waals surface area contributed by atoms with E-state index in [1.807, 2.05) is 29.2 Å². The number of hydrogen-bond acceptors (Lipinski definition) is 3. The number of benzene rings is 1. The molecule has 2 aliphatic heterocycles. The Kier molecular flexibility index (Phi) is 4.71. The molecule has 0 saturated carbocycles. The number of nitrogens with zero attached hydrogens (tertiary/aromatic N) is 1. The molecule has 2 fully saturated rings. The van der Waals surface area contributed by atoms with Gasteiger partial charge in [0.2, 0.25) is 5.91 Å². The van der Waals surface area contributed by atoms with Crippen molar-refractivity contribution in [2.24, 2.45) is 0 Å². The molecule has 1 aromatic carbocycles. The van der Waals surface area contributed by atoms with Crippen molar-refractivity contribution < 1.29 is 14.3 Å². The summed E-state index contributed by atoms with van der Waals surface area (Å²) in [4.78, 5) is 14.4. The van der Waals surface area contributed by atoms with Crippen LogP contribution in [0.15, 0.2) is 24.3 Å². The Morgan fingerprint density at radius 2 is 2.18 bits per heavy atom. The molecular weight excluding hydrogens is 302 g/mol. The number of hydrogen-bond donors (Lipinski definition) is 0. The lowest BCUT2D eigenvalue weighted by Crippen LogP contribution is -2.57. The second-order valence-electron chi connectivity index (χ2n) is 6.13. The summed E-state index contributed by atoms with van der Waals surface area (Å²) in [5.41, 5.74) is 0.812. The minimum Gasteiger partial charge on any atom is -0.377 e. The maximum Gasteiger partial charge on any atom is 0.227 e. The molecule has 2 aliphatic rings. The number of amides is 1. The topological polar surface area (TPSA) is 38.8 Å². The van der Waals surface area contributed by atoms with E-state index < -0.39 is 0 Å². The van der Waals surface area contributed by atoms with Gasteiger partial charge in [-0.1, -0.05) is 23.7 Å². The Bertz CT molecular complexity index is 525. The summed E-state index contributed by atoms with van der Waals surface area (Å²) >= 11 is 5.88. The van der Waals surface area contributed by atoms with Crippen LogP contribution in [0.3, 0.4) is 0 Å². The van der Waals surface area contributed by atoms with Gasteiger partial charge in [-0.15, -0.1) is 0 Å². The van der Waals surface area contributed by atoms with E-state index in [-0.39, 0.29) is 17.6 Å². The third kappa shape index (κ3) is 3.14. The Morgan fingerprint density at radius 3 is 2.82 bits per heavy atom. The third-order valence-corrected chi connectivity index (χ3v) is 5.07. The lowest BCUT2D eigenvalue weighted by atomic mass is 9.85. The maximum atomic E-state index is 12.5. The minimum atomic E-state index is -0.175. The van der Waals surface area contributed by atoms with Gasteiger partial charge in [0.1, 0.15) is 6.10 Å². The van der Waals surface area contributed by atoms with Crippen LogP contribution < -0.4 is 0 Å². The lowest BCUT2D eigenvalue weighted by molar-refractivity contribution is -0.158. The highest BCUT2D eigenvalue weighted by Crippen LogP contribution is 2.37. The van der Waals surface area contributed by atoms with Gasteiger partial charge in [0, 0.05) is 31.8 Å². The average Bonchev–Trinajstić information content (AvgIpc) is 2.99. The van der Waals surface area contributed by atoms with Crippen molar-refractivity contribution in [1.29, 1.82) is 0 Å². The first kappa shape index (κ1) is 15.8. The van der Waals surface area contributed by atoms with Crippen molar-refractivity contribution in [2.75, 3.05) is 26.8 Å². The zero-order valence-corrected chi connectivity index (χ0v) is 13.6. The van der Waals surface area contributed by atoms with E-state index in [0.717, 1.165) is 38.0 Å². The Balaban J connectivity index is 1.63.